The molecule has 0 saturated carbocycles. The molecule has 3 fully saturated rings. The minimum atomic E-state index is -1.98. The van der Waals surface area contributed by atoms with Crippen LogP contribution in [0.1, 0.15) is 219 Å². The fourth-order valence-corrected chi connectivity index (χ4v) is 11.2. The van der Waals surface area contributed by atoms with Gasteiger partial charge in [0.1, 0.15) is 73.2 Å². The molecule has 1 amide bonds. The van der Waals surface area contributed by atoms with E-state index in [-0.39, 0.29) is 18.9 Å². The normalized spacial score (nSPS) is 28.5. The fourth-order valence-electron chi connectivity index (χ4n) is 11.2. The molecule has 0 aromatic heterocycles. The molecule has 524 valence electrons. The summed E-state index contributed by atoms with van der Waals surface area (Å²) in [7, 11) is 0. The largest absolute Gasteiger partial charge is 0.394 e. The molecule has 0 aromatic carbocycles. The van der Waals surface area contributed by atoms with E-state index < -0.39 is 124 Å². The van der Waals surface area contributed by atoms with Crippen molar-refractivity contribution in [3.63, 3.8) is 0 Å². The van der Waals surface area contributed by atoms with Gasteiger partial charge in [-0.25, -0.2) is 0 Å². The van der Waals surface area contributed by atoms with Gasteiger partial charge in [-0.1, -0.05) is 233 Å². The van der Waals surface area contributed by atoms with Crippen molar-refractivity contribution in [1.82, 2.24) is 5.32 Å². The number of carbonyl (C=O) groups is 1. The third kappa shape index (κ3) is 34.8. The molecule has 0 spiro atoms. The monoisotopic (exact) mass is 1290 g/mol. The molecular formula is C72H123NO18. The topological polar surface area (TPSA) is 307 Å². The van der Waals surface area contributed by atoms with Crippen LogP contribution in [0.4, 0.5) is 0 Å². The van der Waals surface area contributed by atoms with Crippen LogP contribution in [0.5, 0.6) is 0 Å². The Labute approximate surface area is 545 Å². The second-order valence-electron chi connectivity index (χ2n) is 24.6. The van der Waals surface area contributed by atoms with Gasteiger partial charge in [0.25, 0.3) is 0 Å². The van der Waals surface area contributed by atoms with Crippen molar-refractivity contribution in [3.8, 4) is 0 Å². The van der Waals surface area contributed by atoms with Crippen molar-refractivity contribution >= 4 is 5.91 Å². The summed E-state index contributed by atoms with van der Waals surface area (Å²) < 4.78 is 34.1. The minimum absolute atomic E-state index is 0.240. The van der Waals surface area contributed by atoms with Crippen LogP contribution in [0.2, 0.25) is 0 Å². The number of amides is 1. The number of hydrogen-bond donors (Lipinski definition) is 12. The molecule has 0 aliphatic carbocycles. The molecule has 17 atom stereocenters. The Balaban J connectivity index is 1.22. The van der Waals surface area contributed by atoms with Crippen LogP contribution in [0.25, 0.3) is 0 Å². The zero-order valence-electron chi connectivity index (χ0n) is 55.3. The Bertz CT molecular complexity index is 2030. The lowest BCUT2D eigenvalue weighted by Crippen LogP contribution is -2.66. The molecule has 3 aliphatic heterocycles. The maximum Gasteiger partial charge on any atom is 0.220 e. The lowest BCUT2D eigenvalue weighted by molar-refractivity contribution is -0.379. The van der Waals surface area contributed by atoms with E-state index in [0.29, 0.717) is 6.42 Å². The van der Waals surface area contributed by atoms with Crippen molar-refractivity contribution < 1.29 is 89.4 Å². The number of allylic oxidation sites excluding steroid dienone is 15. The Kier molecular flexibility index (Phi) is 47.7. The molecule has 17 unspecified atom stereocenters. The number of nitrogens with one attached hydrogen (secondary N) is 1. The predicted octanol–water partition coefficient (Wildman–Crippen LogP) is 9.27. The molecule has 3 heterocycles. The van der Waals surface area contributed by atoms with E-state index in [1.807, 2.05) is 6.08 Å². The van der Waals surface area contributed by atoms with E-state index in [4.69, 9.17) is 28.4 Å². The van der Waals surface area contributed by atoms with Crippen molar-refractivity contribution in [3.05, 3.63) is 97.2 Å². The molecular weight excluding hydrogens is 1170 g/mol. The van der Waals surface area contributed by atoms with Crippen molar-refractivity contribution in [2.45, 2.75) is 324 Å². The summed E-state index contributed by atoms with van der Waals surface area (Å²) in [5, 5.41) is 120. The Morgan fingerprint density at radius 2 is 0.758 bits per heavy atom. The number of ether oxygens (including phenoxy) is 6. The maximum atomic E-state index is 13.2. The first-order valence-corrected chi connectivity index (χ1v) is 35.0. The van der Waals surface area contributed by atoms with Gasteiger partial charge in [-0.15, -0.1) is 0 Å². The number of hydrogen-bond acceptors (Lipinski definition) is 18. The summed E-state index contributed by atoms with van der Waals surface area (Å²) in [6, 6.07) is -0.971. The number of aliphatic hydroxyl groups is 11. The third-order valence-corrected chi connectivity index (χ3v) is 16.9. The second-order valence-corrected chi connectivity index (χ2v) is 24.6. The molecule has 3 saturated heterocycles. The highest BCUT2D eigenvalue weighted by atomic mass is 16.8. The van der Waals surface area contributed by atoms with Crippen molar-refractivity contribution in [2.75, 3.05) is 26.4 Å². The van der Waals surface area contributed by atoms with Gasteiger partial charge in [0.05, 0.1) is 38.6 Å². The first-order chi connectivity index (χ1) is 44.3. The maximum absolute atomic E-state index is 13.2. The van der Waals surface area contributed by atoms with Crippen LogP contribution in [0.15, 0.2) is 97.2 Å². The summed E-state index contributed by atoms with van der Waals surface area (Å²) in [6.45, 7) is 1.47. The molecule has 12 N–H and O–H groups in total. The molecule has 0 bridgehead atoms. The highest BCUT2D eigenvalue weighted by Gasteiger charge is 2.53. The lowest BCUT2D eigenvalue weighted by atomic mass is 9.96. The first-order valence-electron chi connectivity index (χ1n) is 35.0. The summed E-state index contributed by atoms with van der Waals surface area (Å²) >= 11 is 0. The average Bonchev–Trinajstić information content (AvgIpc) is 0.864. The summed E-state index contributed by atoms with van der Waals surface area (Å²) in [4.78, 5) is 13.2. The lowest BCUT2D eigenvalue weighted by Gasteiger charge is -2.48. The van der Waals surface area contributed by atoms with Gasteiger partial charge in [0, 0.05) is 6.42 Å². The minimum Gasteiger partial charge on any atom is -0.394 e. The van der Waals surface area contributed by atoms with E-state index in [0.717, 1.165) is 89.9 Å². The van der Waals surface area contributed by atoms with Gasteiger partial charge < -0.3 is 89.9 Å². The van der Waals surface area contributed by atoms with Crippen LogP contribution < -0.4 is 5.32 Å². The Morgan fingerprint density at radius 1 is 0.407 bits per heavy atom. The number of unbranched alkanes of at least 4 members (excludes halogenated alkanes) is 22. The van der Waals surface area contributed by atoms with Gasteiger partial charge in [-0.2, -0.15) is 0 Å². The predicted molar refractivity (Wildman–Crippen MR) is 355 cm³/mol. The van der Waals surface area contributed by atoms with Crippen molar-refractivity contribution in [1.29, 1.82) is 0 Å². The van der Waals surface area contributed by atoms with Crippen LogP contribution >= 0.6 is 0 Å². The highest BCUT2D eigenvalue weighted by molar-refractivity contribution is 5.76. The van der Waals surface area contributed by atoms with Crippen molar-refractivity contribution in [2.24, 2.45) is 0 Å². The summed E-state index contributed by atoms with van der Waals surface area (Å²) in [5.74, 6) is -0.284. The van der Waals surface area contributed by atoms with E-state index in [1.165, 1.54) is 103 Å². The van der Waals surface area contributed by atoms with Crippen LogP contribution in [0, 0.1) is 0 Å². The summed E-state index contributed by atoms with van der Waals surface area (Å²) in [6.07, 6.45) is 43.6. The van der Waals surface area contributed by atoms with Gasteiger partial charge in [-0.05, 0) is 77.0 Å². The third-order valence-electron chi connectivity index (χ3n) is 16.9. The zero-order valence-corrected chi connectivity index (χ0v) is 55.3. The standard InChI is InChI=1S/C72H123NO18/c1-3-5-7-9-10-11-12-13-14-15-16-17-18-19-20-21-22-23-24-25-26-27-28-29-30-31-32-33-34-35-36-37-38-39-40-41-42-43-44-46-48-50-60(78)73-55(56(77)49-47-45-8-6-4-2)54-86-70-66(84)63(81)68(58(52-75)88-70)91-72-67(85)64(82)69(59(53-76)89-72)90-71-65(83)62(80)61(79)57(51-74)87-71/h5,7,10-11,13-14,16-17,19-20,22-23,25-26,47,49,55-59,61-72,74-77,79-85H,3-4,6,8-9,12,15,18,21,24,27-46,48,50-54H2,1-2H3,(H,73,78)/b7-5-,11-10-,14-13-,17-16-,20-19-,23-22-,26-25-,49-47+. The van der Waals surface area contributed by atoms with Gasteiger partial charge >= 0.3 is 0 Å². The van der Waals surface area contributed by atoms with Crippen LogP contribution in [0.3, 0.4) is 0 Å². The number of aliphatic hydroxyl groups excluding tert-OH is 11. The fraction of sp³-hybridized carbons (Fsp3) is 0.764. The Morgan fingerprint density at radius 3 is 1.19 bits per heavy atom. The quantitative estimate of drug-likeness (QED) is 0.0199. The van der Waals surface area contributed by atoms with E-state index in [1.54, 1.807) is 6.08 Å². The molecule has 19 nitrogen and oxygen atoms in total. The van der Waals surface area contributed by atoms with Gasteiger partial charge in [0.2, 0.25) is 5.91 Å². The second kappa shape index (κ2) is 52.9. The van der Waals surface area contributed by atoms with E-state index >= 15 is 0 Å². The van der Waals surface area contributed by atoms with Gasteiger partial charge in [0.15, 0.2) is 18.9 Å². The van der Waals surface area contributed by atoms with Crippen LogP contribution in [-0.2, 0) is 33.2 Å². The molecule has 0 radical (unpaired) electrons. The zero-order chi connectivity index (χ0) is 66.1. The van der Waals surface area contributed by atoms with E-state index in [9.17, 15) is 61.0 Å². The SMILES string of the molecule is CC/C=C\C/C=C\C/C=C\C/C=C\C/C=C\C/C=C\C/C=C\CCCCCCCCCCCCCCCCCCCCCC(=O)NC(COC1OC(CO)C(OC2OC(CO)C(OC3OC(CO)C(O)C(O)C3O)C(O)C2O)C(O)C1O)C(O)/C=C/CCCCC. The molecule has 3 aliphatic rings. The number of carbonyl (C=O) groups excluding carboxylic acids is 1. The molecule has 3 rings (SSSR count). The highest BCUT2D eigenvalue weighted by Crippen LogP contribution is 2.33. The summed E-state index contributed by atoms with van der Waals surface area (Å²) in [5.41, 5.74) is 0. The first kappa shape index (κ1) is 81.9. The smallest absolute Gasteiger partial charge is 0.220 e. The molecule has 19 heteroatoms. The number of rotatable bonds is 52. The molecule has 91 heavy (non-hydrogen) atoms. The molecule has 0 aromatic rings. The van der Waals surface area contributed by atoms with E-state index in [2.05, 4.69) is 104 Å². The Hall–Kier alpha value is -3.29. The average molecular weight is 1290 g/mol. The van der Waals surface area contributed by atoms with Crippen LogP contribution in [-0.4, -0.2) is 193 Å². The van der Waals surface area contributed by atoms with Gasteiger partial charge in [-0.3, -0.25) is 4.79 Å².